The monoisotopic (exact) mass is 249 g/mol. The molecule has 2 aromatic heterocycles. The van der Waals surface area contributed by atoms with Crippen LogP contribution in [-0.2, 0) is 4.79 Å². The Balaban J connectivity index is 2.26. The first kappa shape index (κ1) is 11.5. The second-order valence-electron chi connectivity index (χ2n) is 3.41. The fraction of sp³-hybridized carbons (Fsp3) is 0.182. The lowest BCUT2D eigenvalue weighted by Gasteiger charge is -2.05. The van der Waals surface area contributed by atoms with Crippen LogP contribution in [0.5, 0.6) is 0 Å². The maximum Gasteiger partial charge on any atom is 0.322 e. The molecular weight excluding hydrogens is 238 g/mol. The highest BCUT2D eigenvalue weighted by molar-refractivity contribution is 7.13. The number of nitrogens with zero attached hydrogens (tertiary/aromatic N) is 2. The van der Waals surface area contributed by atoms with Crippen LogP contribution in [-0.4, -0.2) is 27.6 Å². The van der Waals surface area contributed by atoms with Crippen LogP contribution < -0.4 is 5.32 Å². The Morgan fingerprint density at radius 3 is 3.00 bits per heavy atom. The number of rotatable bonds is 4. The van der Waals surface area contributed by atoms with Crippen LogP contribution in [0.1, 0.15) is 5.82 Å². The zero-order valence-corrected chi connectivity index (χ0v) is 9.99. The average molecular weight is 249 g/mol. The fourth-order valence-electron chi connectivity index (χ4n) is 1.37. The Morgan fingerprint density at radius 1 is 1.53 bits per heavy atom. The van der Waals surface area contributed by atoms with Gasteiger partial charge in [-0.05, 0) is 18.4 Å². The van der Waals surface area contributed by atoms with E-state index in [0.29, 0.717) is 11.6 Å². The van der Waals surface area contributed by atoms with Crippen LogP contribution in [0, 0.1) is 6.92 Å². The first-order valence-electron chi connectivity index (χ1n) is 5.00. The SMILES string of the molecule is Cc1nc(NCC(=O)O)cc(-c2cccs2)n1. The predicted molar refractivity (Wildman–Crippen MR) is 66.2 cm³/mol. The number of thiophene rings is 1. The standard InChI is InChI=1S/C11H11N3O2S/c1-7-13-8(9-3-2-4-17-9)5-10(14-7)12-6-11(15)16/h2-5H,6H2,1H3,(H,15,16)(H,12,13,14). The van der Waals surface area contributed by atoms with Gasteiger partial charge in [0.15, 0.2) is 0 Å². The van der Waals surface area contributed by atoms with Crippen LogP contribution in [0.15, 0.2) is 23.6 Å². The van der Waals surface area contributed by atoms with Crippen LogP contribution in [0.4, 0.5) is 5.82 Å². The lowest BCUT2D eigenvalue weighted by Crippen LogP contribution is -2.13. The zero-order chi connectivity index (χ0) is 12.3. The van der Waals surface area contributed by atoms with Gasteiger partial charge >= 0.3 is 5.97 Å². The van der Waals surface area contributed by atoms with Crippen molar-refractivity contribution in [3.63, 3.8) is 0 Å². The molecule has 0 saturated carbocycles. The van der Waals surface area contributed by atoms with Crippen LogP contribution >= 0.6 is 11.3 Å². The van der Waals surface area contributed by atoms with E-state index in [2.05, 4.69) is 15.3 Å². The molecule has 0 atom stereocenters. The molecule has 2 aromatic rings. The van der Waals surface area contributed by atoms with Gasteiger partial charge in [0.05, 0.1) is 10.6 Å². The first-order valence-corrected chi connectivity index (χ1v) is 5.88. The zero-order valence-electron chi connectivity index (χ0n) is 9.17. The fourth-order valence-corrected chi connectivity index (χ4v) is 2.06. The van der Waals surface area contributed by atoms with Gasteiger partial charge in [0.1, 0.15) is 18.2 Å². The minimum absolute atomic E-state index is 0.152. The number of hydrogen-bond donors (Lipinski definition) is 2. The summed E-state index contributed by atoms with van der Waals surface area (Å²) in [5.41, 5.74) is 0.806. The summed E-state index contributed by atoms with van der Waals surface area (Å²) in [6.45, 7) is 1.63. The van der Waals surface area contributed by atoms with Crippen molar-refractivity contribution in [2.45, 2.75) is 6.92 Å². The number of nitrogens with one attached hydrogen (secondary N) is 1. The van der Waals surface area contributed by atoms with Gasteiger partial charge in [-0.2, -0.15) is 0 Å². The minimum atomic E-state index is -0.918. The first-order chi connectivity index (χ1) is 8.15. The van der Waals surface area contributed by atoms with Gasteiger partial charge in [-0.15, -0.1) is 11.3 Å². The summed E-state index contributed by atoms with van der Waals surface area (Å²) in [5, 5.41) is 13.3. The Hall–Kier alpha value is -1.95. The molecule has 6 heteroatoms. The number of aromatic nitrogens is 2. The van der Waals surface area contributed by atoms with Crippen molar-refractivity contribution in [3.8, 4) is 10.6 Å². The minimum Gasteiger partial charge on any atom is -0.480 e. The van der Waals surface area contributed by atoms with Gasteiger partial charge in [0.25, 0.3) is 0 Å². The van der Waals surface area contributed by atoms with Crippen molar-refractivity contribution in [2.24, 2.45) is 0 Å². The lowest BCUT2D eigenvalue weighted by molar-refractivity contribution is -0.134. The van der Waals surface area contributed by atoms with Crippen LogP contribution in [0.3, 0.4) is 0 Å². The van der Waals surface area contributed by atoms with Gasteiger partial charge in [0, 0.05) is 6.07 Å². The number of carboxylic acid groups (broad SMARTS) is 1. The Labute approximate surface area is 102 Å². The Bertz CT molecular complexity index is 526. The molecule has 0 amide bonds. The van der Waals surface area contributed by atoms with Gasteiger partial charge in [-0.1, -0.05) is 6.07 Å². The molecule has 0 spiro atoms. The molecule has 0 aliphatic heterocycles. The van der Waals surface area contributed by atoms with Crippen molar-refractivity contribution in [2.75, 3.05) is 11.9 Å². The van der Waals surface area contributed by atoms with Crippen LogP contribution in [0.25, 0.3) is 10.6 Å². The second kappa shape index (κ2) is 4.92. The van der Waals surface area contributed by atoms with Gasteiger partial charge in [-0.3, -0.25) is 4.79 Å². The van der Waals surface area contributed by atoms with Crippen molar-refractivity contribution in [3.05, 3.63) is 29.4 Å². The number of anilines is 1. The van der Waals surface area contributed by atoms with E-state index in [1.165, 1.54) is 0 Å². The summed E-state index contributed by atoms with van der Waals surface area (Å²) >= 11 is 1.58. The summed E-state index contributed by atoms with van der Waals surface area (Å²) in [4.78, 5) is 20.0. The summed E-state index contributed by atoms with van der Waals surface area (Å²) in [7, 11) is 0. The Kier molecular flexibility index (Phi) is 3.34. The number of hydrogen-bond acceptors (Lipinski definition) is 5. The number of aliphatic carboxylic acids is 1. The van der Waals surface area contributed by atoms with E-state index in [0.717, 1.165) is 10.6 Å². The highest BCUT2D eigenvalue weighted by atomic mass is 32.1. The molecule has 0 saturated heterocycles. The molecule has 0 bridgehead atoms. The van der Waals surface area contributed by atoms with E-state index in [1.54, 1.807) is 24.3 Å². The third-order valence-corrected chi connectivity index (χ3v) is 2.92. The summed E-state index contributed by atoms with van der Waals surface area (Å²) in [5.74, 6) is 0.228. The van der Waals surface area contributed by atoms with Crippen molar-refractivity contribution in [1.82, 2.24) is 9.97 Å². The highest BCUT2D eigenvalue weighted by Gasteiger charge is 2.06. The smallest absolute Gasteiger partial charge is 0.322 e. The Morgan fingerprint density at radius 2 is 2.35 bits per heavy atom. The van der Waals surface area contributed by atoms with E-state index >= 15 is 0 Å². The molecule has 0 aliphatic rings. The third-order valence-electron chi connectivity index (χ3n) is 2.03. The van der Waals surface area contributed by atoms with Gasteiger partial charge < -0.3 is 10.4 Å². The quantitative estimate of drug-likeness (QED) is 0.867. The molecule has 5 nitrogen and oxygen atoms in total. The van der Waals surface area contributed by atoms with E-state index in [4.69, 9.17) is 5.11 Å². The average Bonchev–Trinajstić information content (AvgIpc) is 2.79. The molecule has 2 N–H and O–H groups in total. The van der Waals surface area contributed by atoms with Gasteiger partial charge in [0.2, 0.25) is 0 Å². The van der Waals surface area contributed by atoms with E-state index in [9.17, 15) is 4.79 Å². The number of carboxylic acids is 1. The lowest BCUT2D eigenvalue weighted by atomic mass is 10.3. The third kappa shape index (κ3) is 3.01. The molecule has 0 radical (unpaired) electrons. The maximum atomic E-state index is 10.5. The van der Waals surface area contributed by atoms with Crippen molar-refractivity contribution >= 4 is 23.1 Å². The molecule has 88 valence electrons. The summed E-state index contributed by atoms with van der Waals surface area (Å²) in [6, 6.07) is 5.66. The molecule has 0 aliphatic carbocycles. The molecule has 0 unspecified atom stereocenters. The normalized spacial score (nSPS) is 10.2. The number of carbonyl (C=O) groups is 1. The second-order valence-corrected chi connectivity index (χ2v) is 4.36. The van der Waals surface area contributed by atoms with Crippen LogP contribution in [0.2, 0.25) is 0 Å². The molecule has 0 aromatic carbocycles. The topological polar surface area (TPSA) is 75.1 Å². The highest BCUT2D eigenvalue weighted by Crippen LogP contribution is 2.24. The predicted octanol–water partition coefficient (Wildman–Crippen LogP) is 2.01. The summed E-state index contributed by atoms with van der Waals surface area (Å²) in [6.07, 6.45) is 0. The largest absolute Gasteiger partial charge is 0.480 e. The molecular formula is C11H11N3O2S. The number of aryl methyl sites for hydroxylation is 1. The molecule has 2 heterocycles. The van der Waals surface area contributed by atoms with E-state index < -0.39 is 5.97 Å². The molecule has 17 heavy (non-hydrogen) atoms. The van der Waals surface area contributed by atoms with Gasteiger partial charge in [-0.25, -0.2) is 9.97 Å². The van der Waals surface area contributed by atoms with E-state index in [1.807, 2.05) is 17.5 Å². The van der Waals surface area contributed by atoms with Crippen molar-refractivity contribution in [1.29, 1.82) is 0 Å². The van der Waals surface area contributed by atoms with Crippen molar-refractivity contribution < 1.29 is 9.90 Å². The van der Waals surface area contributed by atoms with E-state index in [-0.39, 0.29) is 6.54 Å². The molecule has 0 fully saturated rings. The summed E-state index contributed by atoms with van der Waals surface area (Å²) < 4.78 is 0. The molecule has 2 rings (SSSR count). The maximum absolute atomic E-state index is 10.5.